The van der Waals surface area contributed by atoms with Gasteiger partial charge in [-0.1, -0.05) is 114 Å². The number of nitrogens with zero attached hydrogens (tertiary/aromatic N) is 2. The number of Topliss-reactive ketones (excluding diaryl/α,β-unsaturated/α-hetero) is 2. The Labute approximate surface area is 883 Å². The number of ketones is 2. The minimum Gasteiger partial charge on any atom is -0.422 e. The molecule has 0 spiro atoms. The highest BCUT2D eigenvalue weighted by atomic mass is 127. The van der Waals surface area contributed by atoms with Crippen LogP contribution in [0.3, 0.4) is 0 Å². The van der Waals surface area contributed by atoms with E-state index in [1.165, 1.54) is 49.3 Å². The van der Waals surface area contributed by atoms with Crippen LogP contribution >= 0.6 is 67.8 Å². The number of carbonyl (C=O) groups is 2. The minimum absolute atomic E-state index is 0.0280. The van der Waals surface area contributed by atoms with E-state index in [0.717, 1.165) is 75.4 Å². The summed E-state index contributed by atoms with van der Waals surface area (Å²) in [6.45, 7) is 22.7. The number of pyridine rings is 2. The van der Waals surface area contributed by atoms with Crippen molar-refractivity contribution in [3.8, 4) is 22.3 Å². The molecule has 4 aliphatic rings. The number of sulfone groups is 4. The van der Waals surface area contributed by atoms with Crippen molar-refractivity contribution in [3.05, 3.63) is 415 Å². The number of allylic oxidation sites excluding steroid dienone is 2. The van der Waals surface area contributed by atoms with Crippen LogP contribution in [0.5, 0.6) is 0 Å². The molecular formula is C113H105F4I3N2O20S4. The second kappa shape index (κ2) is 42.6. The summed E-state index contributed by atoms with van der Waals surface area (Å²) in [5.74, 6) is -2.20. The van der Waals surface area contributed by atoms with Gasteiger partial charge in [-0.3, -0.25) is 19.2 Å². The molecule has 14 aromatic rings. The number of carbonyl (C=O) groups excluding carboxylic acids is 2. The van der Waals surface area contributed by atoms with Crippen LogP contribution in [0.25, 0.3) is 55.3 Å². The molecule has 0 bridgehead atoms. The molecule has 8 aromatic carbocycles. The lowest BCUT2D eigenvalue weighted by Gasteiger charge is -2.24. The number of fused-ring (bicyclic) bond motifs is 4. The van der Waals surface area contributed by atoms with Crippen LogP contribution < -0.4 is 33.6 Å². The zero-order valence-electron chi connectivity index (χ0n) is 83.2. The molecule has 18 rings (SSSR count). The van der Waals surface area contributed by atoms with Gasteiger partial charge in [0.15, 0.2) is 62.1 Å². The molecule has 33 heteroatoms. The molecule has 0 radical (unpaired) electrons. The van der Waals surface area contributed by atoms with Gasteiger partial charge in [0.2, 0.25) is 0 Å². The van der Waals surface area contributed by atoms with Crippen molar-refractivity contribution < 1.29 is 78.5 Å². The van der Waals surface area contributed by atoms with Crippen LogP contribution in [0.15, 0.2) is 203 Å². The van der Waals surface area contributed by atoms with Gasteiger partial charge in [-0.15, -0.1) is 0 Å². The summed E-state index contributed by atoms with van der Waals surface area (Å²) in [5.41, 5.74) is 16.6. The third-order valence-corrected chi connectivity index (χ3v) is 32.8. The first-order valence-electron chi connectivity index (χ1n) is 46.8. The van der Waals surface area contributed by atoms with Crippen LogP contribution in [-0.4, -0.2) is 79.4 Å². The molecule has 4 aliphatic carbocycles. The molecule has 760 valence electrons. The highest BCUT2D eigenvalue weighted by Crippen LogP contribution is 2.47. The van der Waals surface area contributed by atoms with Crippen LogP contribution in [-0.2, 0) is 88.0 Å². The van der Waals surface area contributed by atoms with Gasteiger partial charge >= 0.3 is 22.5 Å². The van der Waals surface area contributed by atoms with Gasteiger partial charge in [0.05, 0.1) is 44.9 Å². The van der Waals surface area contributed by atoms with Gasteiger partial charge in [-0.05, 0) is 343 Å². The van der Waals surface area contributed by atoms with E-state index in [1.807, 2.05) is 134 Å². The van der Waals surface area contributed by atoms with Crippen LogP contribution in [0.4, 0.5) is 17.6 Å². The number of rotatable bonds is 22. The van der Waals surface area contributed by atoms with E-state index in [0.29, 0.717) is 123 Å². The largest absolute Gasteiger partial charge is 0.422 e. The van der Waals surface area contributed by atoms with Crippen molar-refractivity contribution in [2.24, 2.45) is 0 Å². The molecule has 0 N–H and O–H groups in total. The monoisotopic (exact) mass is 2390 g/mol. The molecule has 6 aromatic heterocycles. The molecule has 146 heavy (non-hydrogen) atoms. The van der Waals surface area contributed by atoms with Gasteiger partial charge in [0, 0.05) is 142 Å². The van der Waals surface area contributed by atoms with Crippen molar-refractivity contribution in [2.45, 2.75) is 189 Å². The Hall–Kier alpha value is -11.5. The van der Waals surface area contributed by atoms with Gasteiger partial charge < -0.3 is 26.8 Å². The fourth-order valence-corrected chi connectivity index (χ4v) is 24.5. The molecule has 0 saturated heterocycles. The minimum atomic E-state index is -3.30. The lowest BCUT2D eigenvalue weighted by atomic mass is 9.80. The topological polar surface area (TPSA) is 336 Å². The molecular weight excluding hydrogens is 2290 g/mol. The van der Waals surface area contributed by atoms with Crippen molar-refractivity contribution >= 4 is 152 Å². The van der Waals surface area contributed by atoms with E-state index < -0.39 is 85.1 Å². The molecule has 0 amide bonds. The van der Waals surface area contributed by atoms with Crippen molar-refractivity contribution in [1.82, 2.24) is 9.13 Å². The SMILES string of the molecule is CC1=C(c2cccc(CS(C)(=O)=O)c2C)c2oc(=O)c(C)c(Cc3ccc(I)cc3F)c2C(=O)C1.CC1=C(c2cccc(CS(C)(=O)=O)c2C)c2oc(=O)c(C)c(Cc3ccc(I)cc3F)c2C(=O)C1.Cc1c(CS(C)(=O)=O)cccc1-c1c(C)n(C2CC2)c(=O)c2c(Cc3ccc(I)cc3F)c(C)c(=O)oc12.Cc1ccc(Cc2c(C)c(=O)oc3c(-c4cccc(CS(C)(=O)=O)c4C)c(C)n(C4CC4)c(=O)c23)c(F)c1. The van der Waals surface area contributed by atoms with Gasteiger partial charge in [0.25, 0.3) is 11.1 Å². The quantitative estimate of drug-likeness (QED) is 0.0449. The predicted molar refractivity (Wildman–Crippen MR) is 586 cm³/mol. The summed E-state index contributed by atoms with van der Waals surface area (Å²) in [6, 6.07) is 41.0. The number of aryl methyl sites for hydroxylation is 1. The third kappa shape index (κ3) is 23.2. The smallest absolute Gasteiger partial charge is 0.339 e. The lowest BCUT2D eigenvalue weighted by molar-refractivity contribution is 0.0978. The summed E-state index contributed by atoms with van der Waals surface area (Å²) in [6.07, 6.45) is 8.67. The number of aromatic nitrogens is 2. The molecule has 22 nitrogen and oxygen atoms in total. The number of hydrogen-bond donors (Lipinski definition) is 0. The normalized spacial score (nSPS) is 13.8. The molecule has 2 saturated carbocycles. The van der Waals surface area contributed by atoms with Crippen molar-refractivity contribution in [3.63, 3.8) is 0 Å². The summed E-state index contributed by atoms with van der Waals surface area (Å²) in [5, 5.41) is 0.531. The maximum absolute atomic E-state index is 14.9. The summed E-state index contributed by atoms with van der Waals surface area (Å²) < 4.78 is 184. The Kier molecular flexibility index (Phi) is 31.7. The van der Waals surface area contributed by atoms with Crippen molar-refractivity contribution in [1.29, 1.82) is 0 Å². The van der Waals surface area contributed by atoms with E-state index in [9.17, 15) is 89.6 Å². The van der Waals surface area contributed by atoms with E-state index in [2.05, 4.69) is 0 Å². The van der Waals surface area contributed by atoms with Gasteiger partial charge in [0.1, 0.15) is 34.8 Å². The highest BCUT2D eigenvalue weighted by Gasteiger charge is 2.39. The number of hydrogen-bond acceptors (Lipinski definition) is 20. The van der Waals surface area contributed by atoms with E-state index in [1.54, 1.807) is 155 Å². The molecule has 0 unspecified atom stereocenters. The molecule has 6 heterocycles. The van der Waals surface area contributed by atoms with Gasteiger partial charge in [-0.25, -0.2) is 70.4 Å². The fraction of sp³-hybridized carbons (Fsp3) is 0.292. The Morgan fingerprint density at radius 1 is 0.315 bits per heavy atom. The van der Waals surface area contributed by atoms with Gasteiger partial charge in [-0.2, -0.15) is 0 Å². The molecule has 0 aliphatic heterocycles. The molecule has 0 atom stereocenters. The summed E-state index contributed by atoms with van der Waals surface area (Å²) in [7, 11) is -13.1. The van der Waals surface area contributed by atoms with E-state index in [4.69, 9.17) is 17.7 Å². The van der Waals surface area contributed by atoms with Crippen LogP contribution in [0, 0.1) is 110 Å². The maximum atomic E-state index is 14.9. The Bertz CT molecular complexity index is 8390. The Balaban J connectivity index is 0.000000146. The van der Waals surface area contributed by atoms with Crippen molar-refractivity contribution in [2.75, 3.05) is 25.0 Å². The first-order chi connectivity index (χ1) is 68.5. The average molecular weight is 2400 g/mol. The van der Waals surface area contributed by atoms with E-state index in [-0.39, 0.29) is 163 Å². The number of benzene rings is 8. The average Bonchev–Trinajstić information content (AvgIpc) is 1.40. The number of halogens is 7. The zero-order chi connectivity index (χ0) is 106. The Morgan fingerprint density at radius 3 is 0.870 bits per heavy atom. The summed E-state index contributed by atoms with van der Waals surface area (Å²) >= 11 is 6.08. The summed E-state index contributed by atoms with van der Waals surface area (Å²) in [4.78, 5) is 107. The molecule has 2 fully saturated rings. The predicted octanol–water partition coefficient (Wildman–Crippen LogP) is 22.3. The zero-order valence-corrected chi connectivity index (χ0v) is 93.0. The van der Waals surface area contributed by atoms with Crippen LogP contribution in [0.1, 0.15) is 236 Å². The second-order valence-electron chi connectivity index (χ2n) is 38.7. The first kappa shape index (κ1) is 109. The maximum Gasteiger partial charge on any atom is 0.339 e. The second-order valence-corrected chi connectivity index (χ2v) is 51.0. The standard InChI is InChI=1S/C30H30FNO5S.C29H27FINO5S.2C27H24FIO5S/c1-16-9-10-20(25(31)13-16)14-24-18(3)30(34)37-28-26(19(4)32(22-11-12-22)29(33)27(24)28)23-8-6-7-21(17(23)2)15-38(5,35)36;1-15-19(14-38(4,35)36)6-5-7-22(15)25-17(3)32(21-10-11-21)28(33)26-23(16(2)29(34)37-27(25)26)12-18-8-9-20(31)13-24(18)30;2*1-14-10-23(30)25-21(11-17-8-9-19(29)12-22(17)28)16(3)27(31)34-26(25)24(14)20-7-5-6-18(15(20)2)13-35(4,32)33/h6-10,13,22H,11-12,14-15H2,1-5H3;5-9,13,21H,10-12,14H2,1-4H3;2*5-9,12H,10-11,13H2,1-4H3. The van der Waals surface area contributed by atoms with Crippen LogP contribution in [0.2, 0.25) is 0 Å². The highest BCUT2D eigenvalue weighted by molar-refractivity contribution is 14.1. The third-order valence-electron chi connectivity index (χ3n) is 27.5. The van der Waals surface area contributed by atoms with E-state index >= 15 is 0 Å². The first-order valence-corrected chi connectivity index (χ1v) is 58.3. The Morgan fingerprint density at radius 2 is 0.582 bits per heavy atom. The fourth-order valence-electron chi connectivity index (χ4n) is 19.6. The lowest BCUT2D eigenvalue weighted by Crippen LogP contribution is -2.26.